The monoisotopic (exact) mass is 214 g/mol. The Morgan fingerprint density at radius 2 is 2.40 bits per heavy atom. The molecule has 2 unspecified atom stereocenters. The molecule has 2 saturated heterocycles. The van der Waals surface area contributed by atoms with Gasteiger partial charge in [-0.3, -0.25) is 4.90 Å². The van der Waals surface area contributed by atoms with Crippen molar-refractivity contribution in [2.45, 2.75) is 25.4 Å². The first-order valence-electron chi connectivity index (χ1n) is 5.92. The highest BCUT2D eigenvalue weighted by molar-refractivity contribution is 4.88. The van der Waals surface area contributed by atoms with E-state index in [9.17, 15) is 5.11 Å². The smallest absolute Gasteiger partial charge is 0.0679 e. The summed E-state index contributed by atoms with van der Waals surface area (Å²) in [6, 6.07) is 0. The summed E-state index contributed by atoms with van der Waals surface area (Å²) >= 11 is 0. The van der Waals surface area contributed by atoms with Crippen LogP contribution in [0.15, 0.2) is 0 Å². The summed E-state index contributed by atoms with van der Waals surface area (Å²) in [6.45, 7) is 5.16. The highest BCUT2D eigenvalue weighted by Crippen LogP contribution is 2.29. The van der Waals surface area contributed by atoms with E-state index in [1.807, 2.05) is 0 Å². The predicted octanol–water partition coefficient (Wildman–Crippen LogP) is -0.192. The molecule has 3 N–H and O–H groups in total. The number of hydrogen-bond acceptors (Lipinski definition) is 4. The Hall–Kier alpha value is -0.160. The first-order chi connectivity index (χ1) is 7.24. The van der Waals surface area contributed by atoms with Gasteiger partial charge >= 0.3 is 0 Å². The molecule has 0 aromatic rings. The van der Waals surface area contributed by atoms with Crippen LogP contribution in [0.4, 0.5) is 0 Å². The highest BCUT2D eigenvalue weighted by Gasteiger charge is 2.35. The number of aliphatic hydroxyl groups excluding tert-OH is 1. The molecule has 2 aliphatic heterocycles. The van der Waals surface area contributed by atoms with Crippen LogP contribution in [0.25, 0.3) is 0 Å². The number of hydrogen-bond donors (Lipinski definition) is 2. The summed E-state index contributed by atoms with van der Waals surface area (Å²) < 4.78 is 5.54. The summed E-state index contributed by atoms with van der Waals surface area (Å²) in [7, 11) is 0. The quantitative estimate of drug-likeness (QED) is 0.683. The van der Waals surface area contributed by atoms with Crippen molar-refractivity contribution >= 4 is 0 Å². The lowest BCUT2D eigenvalue weighted by Crippen LogP contribution is -2.47. The molecule has 0 aromatic carbocycles. The molecule has 0 radical (unpaired) electrons. The average Bonchev–Trinajstić information content (AvgIpc) is 2.65. The van der Waals surface area contributed by atoms with Crippen molar-refractivity contribution < 1.29 is 9.84 Å². The van der Waals surface area contributed by atoms with Gasteiger partial charge in [-0.2, -0.15) is 0 Å². The van der Waals surface area contributed by atoms with Crippen molar-refractivity contribution in [2.24, 2.45) is 11.1 Å². The number of nitrogens with two attached hydrogens (primary N) is 1. The van der Waals surface area contributed by atoms with E-state index in [0.29, 0.717) is 6.54 Å². The zero-order chi connectivity index (χ0) is 10.7. The Morgan fingerprint density at radius 3 is 2.93 bits per heavy atom. The predicted molar refractivity (Wildman–Crippen MR) is 58.6 cm³/mol. The van der Waals surface area contributed by atoms with Crippen LogP contribution in [0.3, 0.4) is 0 Å². The lowest BCUT2D eigenvalue weighted by Gasteiger charge is -2.38. The molecular weight excluding hydrogens is 192 g/mol. The van der Waals surface area contributed by atoms with E-state index in [-0.39, 0.29) is 11.5 Å². The Balaban J connectivity index is 1.89. The van der Waals surface area contributed by atoms with E-state index in [1.54, 1.807) is 0 Å². The largest absolute Gasteiger partial charge is 0.392 e. The fourth-order valence-corrected chi connectivity index (χ4v) is 2.69. The maximum atomic E-state index is 9.48. The number of β-amino-alcohol motifs (C(OH)–C–C–N with tert-alkyl or cyclic N) is 1. The van der Waals surface area contributed by atoms with Gasteiger partial charge in [0, 0.05) is 38.2 Å². The van der Waals surface area contributed by atoms with Crippen LogP contribution in [0.5, 0.6) is 0 Å². The minimum absolute atomic E-state index is 0.135. The van der Waals surface area contributed by atoms with Gasteiger partial charge in [0.25, 0.3) is 0 Å². The van der Waals surface area contributed by atoms with Gasteiger partial charge in [0.1, 0.15) is 0 Å². The SMILES string of the molecule is NCC1(CN2CCC(O)C2)CCCOC1. The Bertz CT molecular complexity index is 205. The van der Waals surface area contributed by atoms with Gasteiger partial charge < -0.3 is 15.6 Å². The van der Waals surface area contributed by atoms with Crippen LogP contribution in [-0.2, 0) is 4.74 Å². The Morgan fingerprint density at radius 1 is 1.53 bits per heavy atom. The molecule has 88 valence electrons. The maximum Gasteiger partial charge on any atom is 0.0679 e. The van der Waals surface area contributed by atoms with E-state index in [1.165, 1.54) is 0 Å². The number of rotatable bonds is 3. The molecule has 0 amide bonds. The van der Waals surface area contributed by atoms with Crippen molar-refractivity contribution in [3.8, 4) is 0 Å². The molecule has 0 aliphatic carbocycles. The molecule has 0 aromatic heterocycles. The van der Waals surface area contributed by atoms with Crippen LogP contribution in [0.2, 0.25) is 0 Å². The average molecular weight is 214 g/mol. The van der Waals surface area contributed by atoms with Gasteiger partial charge in [-0.15, -0.1) is 0 Å². The first-order valence-corrected chi connectivity index (χ1v) is 5.92. The molecule has 2 fully saturated rings. The van der Waals surface area contributed by atoms with Crippen molar-refractivity contribution in [3.05, 3.63) is 0 Å². The van der Waals surface area contributed by atoms with E-state index in [2.05, 4.69) is 4.90 Å². The molecule has 0 bridgehead atoms. The van der Waals surface area contributed by atoms with Gasteiger partial charge in [-0.1, -0.05) is 0 Å². The van der Waals surface area contributed by atoms with Crippen molar-refractivity contribution in [1.29, 1.82) is 0 Å². The molecule has 2 atom stereocenters. The number of likely N-dealkylation sites (tertiary alicyclic amines) is 1. The molecule has 4 nitrogen and oxygen atoms in total. The molecule has 2 rings (SSSR count). The lowest BCUT2D eigenvalue weighted by molar-refractivity contribution is -0.0199. The van der Waals surface area contributed by atoms with E-state index < -0.39 is 0 Å². The molecule has 2 aliphatic rings. The zero-order valence-corrected chi connectivity index (χ0v) is 9.32. The van der Waals surface area contributed by atoms with Crippen LogP contribution in [0, 0.1) is 5.41 Å². The molecule has 0 saturated carbocycles. The summed E-state index contributed by atoms with van der Waals surface area (Å²) in [4.78, 5) is 2.33. The number of nitrogens with zero attached hydrogens (tertiary/aromatic N) is 1. The number of aliphatic hydroxyl groups is 1. The fraction of sp³-hybridized carbons (Fsp3) is 1.00. The highest BCUT2D eigenvalue weighted by atomic mass is 16.5. The second kappa shape index (κ2) is 4.78. The maximum absolute atomic E-state index is 9.48. The van der Waals surface area contributed by atoms with Crippen molar-refractivity contribution in [1.82, 2.24) is 4.90 Å². The molecule has 0 spiro atoms. The molecule has 15 heavy (non-hydrogen) atoms. The van der Waals surface area contributed by atoms with Crippen LogP contribution >= 0.6 is 0 Å². The van der Waals surface area contributed by atoms with E-state index in [4.69, 9.17) is 10.5 Å². The second-order valence-electron chi connectivity index (χ2n) is 5.04. The summed E-state index contributed by atoms with van der Waals surface area (Å²) in [6.07, 6.45) is 3.05. The third-order valence-electron chi connectivity index (χ3n) is 3.64. The standard InChI is InChI=1S/C11H22N2O2/c12-7-11(3-1-5-15-9-11)8-13-4-2-10(14)6-13/h10,14H,1-9,12H2. The minimum atomic E-state index is -0.135. The Labute approximate surface area is 91.4 Å². The molecule has 4 heteroatoms. The van der Waals surface area contributed by atoms with Gasteiger partial charge in [-0.05, 0) is 19.3 Å². The van der Waals surface area contributed by atoms with Gasteiger partial charge in [0.05, 0.1) is 12.7 Å². The van der Waals surface area contributed by atoms with Crippen LogP contribution in [0.1, 0.15) is 19.3 Å². The fourth-order valence-electron chi connectivity index (χ4n) is 2.69. The third-order valence-corrected chi connectivity index (χ3v) is 3.64. The second-order valence-corrected chi connectivity index (χ2v) is 5.04. The van der Waals surface area contributed by atoms with E-state index in [0.717, 1.165) is 52.1 Å². The Kier molecular flexibility index (Phi) is 3.61. The van der Waals surface area contributed by atoms with Gasteiger partial charge in [0.15, 0.2) is 0 Å². The minimum Gasteiger partial charge on any atom is -0.392 e. The summed E-state index contributed by atoms with van der Waals surface area (Å²) in [5.74, 6) is 0. The topological polar surface area (TPSA) is 58.7 Å². The molecule has 2 heterocycles. The third kappa shape index (κ3) is 2.69. The summed E-state index contributed by atoms with van der Waals surface area (Å²) in [5, 5.41) is 9.48. The van der Waals surface area contributed by atoms with Crippen molar-refractivity contribution in [2.75, 3.05) is 39.4 Å². The number of ether oxygens (including phenoxy) is 1. The summed E-state index contributed by atoms with van der Waals surface area (Å²) in [5.41, 5.74) is 6.02. The molecular formula is C11H22N2O2. The van der Waals surface area contributed by atoms with Crippen LogP contribution in [-0.4, -0.2) is 55.5 Å². The first kappa shape index (κ1) is 11.3. The van der Waals surface area contributed by atoms with Gasteiger partial charge in [0.2, 0.25) is 0 Å². The normalized spacial score (nSPS) is 38.4. The zero-order valence-electron chi connectivity index (χ0n) is 9.32. The van der Waals surface area contributed by atoms with Gasteiger partial charge in [-0.25, -0.2) is 0 Å². The lowest BCUT2D eigenvalue weighted by atomic mass is 9.82. The van der Waals surface area contributed by atoms with E-state index >= 15 is 0 Å². The van der Waals surface area contributed by atoms with Crippen molar-refractivity contribution in [3.63, 3.8) is 0 Å². The van der Waals surface area contributed by atoms with Crippen LogP contribution < -0.4 is 5.73 Å².